The fraction of sp³-hybridized carbons (Fsp3) is 0.632. The quantitative estimate of drug-likeness (QED) is 0.407. The summed E-state index contributed by atoms with van der Waals surface area (Å²) in [4.78, 5) is 4.28. The molecular weight excluding hydrogens is 318 g/mol. The van der Waals surface area contributed by atoms with Crippen molar-refractivity contribution in [3.05, 3.63) is 29.3 Å². The van der Waals surface area contributed by atoms with Crippen LogP contribution in [0.2, 0.25) is 0 Å². The lowest BCUT2D eigenvalue weighted by atomic mass is 10.1. The second kappa shape index (κ2) is 10.9. The zero-order valence-electron chi connectivity index (χ0n) is 15.6. The van der Waals surface area contributed by atoms with Gasteiger partial charge in [-0.3, -0.25) is 4.99 Å². The molecule has 1 aromatic carbocycles. The Morgan fingerprint density at radius 3 is 2.92 bits per heavy atom. The molecule has 140 valence electrons. The van der Waals surface area contributed by atoms with Crippen molar-refractivity contribution in [3.8, 4) is 5.75 Å². The molecule has 1 unspecified atom stereocenters. The molecular formula is C19H31N3O3. The fourth-order valence-corrected chi connectivity index (χ4v) is 2.74. The maximum atomic E-state index is 5.93. The SMILES string of the molecule is CN=C(NCc1ccc(C)cc1OCCCOC)NCC1CCCO1. The van der Waals surface area contributed by atoms with E-state index in [2.05, 4.69) is 40.7 Å². The van der Waals surface area contributed by atoms with Crippen molar-refractivity contribution in [1.29, 1.82) is 0 Å². The Kier molecular flexibility index (Phi) is 8.55. The van der Waals surface area contributed by atoms with Crippen LogP contribution in [0.4, 0.5) is 0 Å². The molecule has 1 fully saturated rings. The van der Waals surface area contributed by atoms with Crippen molar-refractivity contribution < 1.29 is 14.2 Å². The molecule has 6 heteroatoms. The highest BCUT2D eigenvalue weighted by atomic mass is 16.5. The summed E-state index contributed by atoms with van der Waals surface area (Å²) in [5, 5.41) is 6.68. The predicted octanol–water partition coefficient (Wildman–Crippen LogP) is 2.25. The minimum absolute atomic E-state index is 0.289. The first-order valence-electron chi connectivity index (χ1n) is 9.00. The Labute approximate surface area is 151 Å². The molecule has 1 aliphatic rings. The molecule has 25 heavy (non-hydrogen) atoms. The molecule has 1 atom stereocenters. The van der Waals surface area contributed by atoms with E-state index < -0.39 is 0 Å². The lowest BCUT2D eigenvalue weighted by molar-refractivity contribution is 0.114. The minimum atomic E-state index is 0.289. The summed E-state index contributed by atoms with van der Waals surface area (Å²) < 4.78 is 16.6. The third kappa shape index (κ3) is 6.92. The highest BCUT2D eigenvalue weighted by molar-refractivity contribution is 5.79. The molecule has 0 bridgehead atoms. The summed E-state index contributed by atoms with van der Waals surface area (Å²) in [5.74, 6) is 1.69. The number of hydrogen-bond acceptors (Lipinski definition) is 4. The average Bonchev–Trinajstić information content (AvgIpc) is 3.14. The van der Waals surface area contributed by atoms with Crippen molar-refractivity contribution in [2.24, 2.45) is 4.99 Å². The Morgan fingerprint density at radius 1 is 1.32 bits per heavy atom. The molecule has 0 saturated carbocycles. The molecule has 0 radical (unpaired) electrons. The van der Waals surface area contributed by atoms with Gasteiger partial charge in [0.1, 0.15) is 5.75 Å². The molecule has 0 aliphatic carbocycles. The van der Waals surface area contributed by atoms with E-state index in [1.54, 1.807) is 14.2 Å². The molecule has 1 aliphatic heterocycles. The van der Waals surface area contributed by atoms with Gasteiger partial charge >= 0.3 is 0 Å². The topological polar surface area (TPSA) is 64.1 Å². The summed E-state index contributed by atoms with van der Waals surface area (Å²) in [7, 11) is 3.49. The molecule has 2 rings (SSSR count). The molecule has 1 aromatic rings. The molecule has 0 amide bonds. The van der Waals surface area contributed by atoms with Crippen molar-refractivity contribution in [2.75, 3.05) is 40.5 Å². The number of ether oxygens (including phenoxy) is 3. The first kappa shape index (κ1) is 19.5. The van der Waals surface area contributed by atoms with Gasteiger partial charge in [-0.2, -0.15) is 0 Å². The highest BCUT2D eigenvalue weighted by Gasteiger charge is 2.15. The van der Waals surface area contributed by atoms with Gasteiger partial charge in [0, 0.05) is 52.4 Å². The van der Waals surface area contributed by atoms with Gasteiger partial charge in [0.25, 0.3) is 0 Å². The number of benzene rings is 1. The number of rotatable bonds is 9. The zero-order chi connectivity index (χ0) is 17.9. The normalized spacial score (nSPS) is 17.6. The van der Waals surface area contributed by atoms with Gasteiger partial charge in [0.15, 0.2) is 5.96 Å². The van der Waals surface area contributed by atoms with Crippen molar-refractivity contribution in [2.45, 2.75) is 38.8 Å². The fourth-order valence-electron chi connectivity index (χ4n) is 2.74. The Bertz CT molecular complexity index is 543. The van der Waals surface area contributed by atoms with Crippen LogP contribution in [0.1, 0.15) is 30.4 Å². The monoisotopic (exact) mass is 349 g/mol. The number of guanidine groups is 1. The van der Waals surface area contributed by atoms with Crippen LogP contribution in [-0.2, 0) is 16.0 Å². The van der Waals surface area contributed by atoms with Crippen LogP contribution in [0.5, 0.6) is 5.75 Å². The number of hydrogen-bond donors (Lipinski definition) is 2. The maximum absolute atomic E-state index is 5.93. The van der Waals surface area contributed by atoms with E-state index in [1.165, 1.54) is 5.56 Å². The molecule has 1 saturated heterocycles. The second-order valence-electron chi connectivity index (χ2n) is 6.25. The van der Waals surface area contributed by atoms with Gasteiger partial charge in [-0.05, 0) is 31.4 Å². The van der Waals surface area contributed by atoms with Crippen molar-refractivity contribution in [3.63, 3.8) is 0 Å². The highest BCUT2D eigenvalue weighted by Crippen LogP contribution is 2.20. The number of aliphatic imine (C=N–C) groups is 1. The van der Waals surface area contributed by atoms with E-state index in [1.807, 2.05) is 0 Å². The summed E-state index contributed by atoms with van der Waals surface area (Å²) >= 11 is 0. The van der Waals surface area contributed by atoms with Crippen LogP contribution in [0.3, 0.4) is 0 Å². The van der Waals surface area contributed by atoms with Crippen LogP contribution in [-0.4, -0.2) is 52.6 Å². The third-order valence-corrected chi connectivity index (χ3v) is 4.16. The smallest absolute Gasteiger partial charge is 0.191 e. The molecule has 1 heterocycles. The Morgan fingerprint density at radius 2 is 2.20 bits per heavy atom. The van der Waals surface area contributed by atoms with Gasteiger partial charge in [-0.1, -0.05) is 12.1 Å². The summed E-state index contributed by atoms with van der Waals surface area (Å²) in [6.07, 6.45) is 3.42. The number of methoxy groups -OCH3 is 1. The summed E-state index contributed by atoms with van der Waals surface area (Å²) in [6, 6.07) is 6.27. The van der Waals surface area contributed by atoms with Crippen LogP contribution in [0.25, 0.3) is 0 Å². The van der Waals surface area contributed by atoms with E-state index >= 15 is 0 Å². The van der Waals surface area contributed by atoms with E-state index in [0.29, 0.717) is 19.8 Å². The summed E-state index contributed by atoms with van der Waals surface area (Å²) in [6.45, 7) is 5.74. The predicted molar refractivity (Wildman–Crippen MR) is 100 cm³/mol. The molecule has 2 N–H and O–H groups in total. The lowest BCUT2D eigenvalue weighted by Crippen LogP contribution is -2.40. The average molecular weight is 349 g/mol. The summed E-state index contributed by atoms with van der Waals surface area (Å²) in [5.41, 5.74) is 2.30. The Balaban J connectivity index is 1.84. The zero-order valence-corrected chi connectivity index (χ0v) is 15.6. The molecule has 0 aromatic heterocycles. The first-order chi connectivity index (χ1) is 12.2. The van der Waals surface area contributed by atoms with Crippen LogP contribution >= 0.6 is 0 Å². The minimum Gasteiger partial charge on any atom is -0.493 e. The standard InChI is InChI=1S/C19H31N3O3/c1-15-7-8-16(18(12-15)25-11-5-9-23-3)13-21-19(20-2)22-14-17-6-4-10-24-17/h7-8,12,17H,4-6,9-11,13-14H2,1-3H3,(H2,20,21,22). The van der Waals surface area contributed by atoms with Crippen LogP contribution in [0.15, 0.2) is 23.2 Å². The van der Waals surface area contributed by atoms with Gasteiger partial charge < -0.3 is 24.8 Å². The van der Waals surface area contributed by atoms with E-state index in [9.17, 15) is 0 Å². The van der Waals surface area contributed by atoms with E-state index in [-0.39, 0.29) is 6.10 Å². The van der Waals surface area contributed by atoms with Crippen LogP contribution in [0, 0.1) is 6.92 Å². The van der Waals surface area contributed by atoms with Gasteiger partial charge in [0.05, 0.1) is 12.7 Å². The van der Waals surface area contributed by atoms with Crippen molar-refractivity contribution >= 4 is 5.96 Å². The molecule has 0 spiro atoms. The second-order valence-corrected chi connectivity index (χ2v) is 6.25. The third-order valence-electron chi connectivity index (χ3n) is 4.16. The Hall–Kier alpha value is -1.79. The largest absolute Gasteiger partial charge is 0.493 e. The van der Waals surface area contributed by atoms with Crippen molar-refractivity contribution in [1.82, 2.24) is 10.6 Å². The van der Waals surface area contributed by atoms with Crippen LogP contribution < -0.4 is 15.4 Å². The maximum Gasteiger partial charge on any atom is 0.191 e. The first-order valence-corrected chi connectivity index (χ1v) is 9.00. The molecule has 6 nitrogen and oxygen atoms in total. The number of aryl methyl sites for hydroxylation is 1. The number of nitrogens with one attached hydrogen (secondary N) is 2. The number of nitrogens with zero attached hydrogens (tertiary/aromatic N) is 1. The lowest BCUT2D eigenvalue weighted by Gasteiger charge is -2.17. The van der Waals surface area contributed by atoms with E-state index in [0.717, 1.165) is 49.7 Å². The van der Waals surface area contributed by atoms with E-state index in [4.69, 9.17) is 14.2 Å². The van der Waals surface area contributed by atoms with Gasteiger partial charge in [-0.25, -0.2) is 0 Å². The van der Waals surface area contributed by atoms with Gasteiger partial charge in [0.2, 0.25) is 0 Å². The van der Waals surface area contributed by atoms with Gasteiger partial charge in [-0.15, -0.1) is 0 Å².